The minimum atomic E-state index is -0.584. The van der Waals surface area contributed by atoms with E-state index in [0.717, 1.165) is 5.56 Å². The summed E-state index contributed by atoms with van der Waals surface area (Å²) >= 11 is 0. The number of nitrogens with one attached hydrogen (secondary N) is 1. The lowest BCUT2D eigenvalue weighted by molar-refractivity contribution is -0.122. The van der Waals surface area contributed by atoms with Crippen LogP contribution in [-0.2, 0) is 9.59 Å². The van der Waals surface area contributed by atoms with E-state index in [1.54, 1.807) is 31.2 Å². The standard InChI is InChI=1S/C19H18FN3O3/c1-11-2-7-16(15(20)8-11)23-10-13(9-17(23)24)19(26)22-14-5-3-12(4-6-14)18(21)25/h2-8,13H,9-10H2,1H3,(H2,21,25)(H,22,26). The number of primary amides is 1. The average Bonchev–Trinajstić information content (AvgIpc) is 2.97. The average molecular weight is 355 g/mol. The topological polar surface area (TPSA) is 92.5 Å². The zero-order valence-corrected chi connectivity index (χ0v) is 14.2. The molecule has 0 bridgehead atoms. The van der Waals surface area contributed by atoms with Gasteiger partial charge in [0.05, 0.1) is 11.6 Å². The number of rotatable bonds is 4. The van der Waals surface area contributed by atoms with Crippen LogP contribution < -0.4 is 16.0 Å². The van der Waals surface area contributed by atoms with Crippen molar-refractivity contribution < 1.29 is 18.8 Å². The van der Waals surface area contributed by atoms with E-state index in [1.807, 2.05) is 0 Å². The molecule has 0 radical (unpaired) electrons. The summed E-state index contributed by atoms with van der Waals surface area (Å²) in [6.45, 7) is 1.88. The summed E-state index contributed by atoms with van der Waals surface area (Å²) in [4.78, 5) is 37.0. The van der Waals surface area contributed by atoms with Crippen LogP contribution in [0.2, 0.25) is 0 Å². The SMILES string of the molecule is Cc1ccc(N2CC(C(=O)Nc3ccc(C(N)=O)cc3)CC2=O)c(F)c1. The first-order valence-electron chi connectivity index (χ1n) is 8.12. The van der Waals surface area contributed by atoms with Gasteiger partial charge in [0.15, 0.2) is 0 Å². The van der Waals surface area contributed by atoms with Crippen LogP contribution in [0.4, 0.5) is 15.8 Å². The highest BCUT2D eigenvalue weighted by molar-refractivity contribution is 6.03. The molecule has 1 unspecified atom stereocenters. The Balaban J connectivity index is 1.69. The molecule has 0 aliphatic carbocycles. The van der Waals surface area contributed by atoms with Crippen LogP contribution in [0.1, 0.15) is 22.3 Å². The summed E-state index contributed by atoms with van der Waals surface area (Å²) in [5.41, 5.74) is 6.94. The molecule has 1 atom stereocenters. The number of benzene rings is 2. The molecule has 1 aliphatic heterocycles. The van der Waals surface area contributed by atoms with E-state index in [9.17, 15) is 18.8 Å². The van der Waals surface area contributed by atoms with Gasteiger partial charge in [-0.25, -0.2) is 4.39 Å². The first kappa shape index (κ1) is 17.6. The van der Waals surface area contributed by atoms with Crippen molar-refractivity contribution in [2.75, 3.05) is 16.8 Å². The molecule has 0 saturated carbocycles. The Kier molecular flexibility index (Phi) is 4.71. The molecule has 2 aromatic rings. The second-order valence-electron chi connectivity index (χ2n) is 6.29. The molecular formula is C19H18FN3O3. The Morgan fingerprint density at radius 3 is 2.50 bits per heavy atom. The Bertz CT molecular complexity index is 880. The molecule has 1 fully saturated rings. The van der Waals surface area contributed by atoms with Crippen molar-refractivity contribution >= 4 is 29.1 Å². The third-order valence-electron chi connectivity index (χ3n) is 4.33. The van der Waals surface area contributed by atoms with Gasteiger partial charge in [-0.15, -0.1) is 0 Å². The van der Waals surface area contributed by atoms with Crippen LogP contribution in [-0.4, -0.2) is 24.3 Å². The zero-order valence-electron chi connectivity index (χ0n) is 14.2. The second-order valence-corrected chi connectivity index (χ2v) is 6.29. The number of nitrogens with two attached hydrogens (primary N) is 1. The van der Waals surface area contributed by atoms with Crippen molar-refractivity contribution in [1.29, 1.82) is 0 Å². The Hall–Kier alpha value is -3.22. The predicted molar refractivity (Wildman–Crippen MR) is 95.2 cm³/mol. The number of hydrogen-bond donors (Lipinski definition) is 2. The smallest absolute Gasteiger partial charge is 0.248 e. The lowest BCUT2D eigenvalue weighted by Gasteiger charge is -2.17. The minimum Gasteiger partial charge on any atom is -0.366 e. The highest BCUT2D eigenvalue weighted by atomic mass is 19.1. The maximum atomic E-state index is 14.1. The van der Waals surface area contributed by atoms with E-state index in [0.29, 0.717) is 11.3 Å². The molecular weight excluding hydrogens is 337 g/mol. The van der Waals surface area contributed by atoms with Gasteiger partial charge in [0.25, 0.3) is 0 Å². The van der Waals surface area contributed by atoms with Gasteiger partial charge in [0.1, 0.15) is 5.82 Å². The molecule has 26 heavy (non-hydrogen) atoms. The van der Waals surface area contributed by atoms with E-state index in [-0.39, 0.29) is 30.5 Å². The predicted octanol–water partition coefficient (Wildman–Crippen LogP) is 2.22. The Morgan fingerprint density at radius 1 is 1.19 bits per heavy atom. The zero-order chi connectivity index (χ0) is 18.8. The summed E-state index contributed by atoms with van der Waals surface area (Å²) in [6.07, 6.45) is 0.0124. The van der Waals surface area contributed by atoms with Gasteiger partial charge in [-0.3, -0.25) is 14.4 Å². The number of carbonyl (C=O) groups excluding carboxylic acids is 3. The first-order valence-corrected chi connectivity index (χ1v) is 8.12. The van der Waals surface area contributed by atoms with E-state index < -0.39 is 17.6 Å². The maximum absolute atomic E-state index is 14.1. The van der Waals surface area contributed by atoms with E-state index in [2.05, 4.69) is 5.32 Å². The highest BCUT2D eigenvalue weighted by Crippen LogP contribution is 2.28. The van der Waals surface area contributed by atoms with Crippen molar-refractivity contribution in [2.45, 2.75) is 13.3 Å². The number of hydrogen-bond acceptors (Lipinski definition) is 3. The fraction of sp³-hybridized carbons (Fsp3) is 0.211. The fourth-order valence-electron chi connectivity index (χ4n) is 2.91. The van der Waals surface area contributed by atoms with Crippen molar-refractivity contribution in [2.24, 2.45) is 11.7 Å². The van der Waals surface area contributed by atoms with Crippen molar-refractivity contribution in [1.82, 2.24) is 0 Å². The van der Waals surface area contributed by atoms with Crippen LogP contribution in [0, 0.1) is 18.7 Å². The maximum Gasteiger partial charge on any atom is 0.248 e. The molecule has 134 valence electrons. The number of halogens is 1. The second kappa shape index (κ2) is 6.95. The van der Waals surface area contributed by atoms with Crippen molar-refractivity contribution in [3.8, 4) is 0 Å². The Labute approximate surface area is 149 Å². The molecule has 3 N–H and O–H groups in total. The molecule has 1 heterocycles. The summed E-state index contributed by atoms with van der Waals surface area (Å²) in [7, 11) is 0. The van der Waals surface area contributed by atoms with Crippen LogP contribution >= 0.6 is 0 Å². The number of aryl methyl sites for hydroxylation is 1. The van der Waals surface area contributed by atoms with Gasteiger partial charge < -0.3 is 16.0 Å². The fourth-order valence-corrected chi connectivity index (χ4v) is 2.91. The van der Waals surface area contributed by atoms with Gasteiger partial charge in [0.2, 0.25) is 17.7 Å². The van der Waals surface area contributed by atoms with E-state index in [4.69, 9.17) is 5.73 Å². The normalized spacial score (nSPS) is 16.6. The summed E-state index contributed by atoms with van der Waals surface area (Å²) in [6, 6.07) is 10.8. The van der Waals surface area contributed by atoms with Crippen LogP contribution in [0.5, 0.6) is 0 Å². The quantitative estimate of drug-likeness (QED) is 0.881. The summed E-state index contributed by atoms with van der Waals surface area (Å²) in [5, 5.41) is 2.70. The number of anilines is 2. The Morgan fingerprint density at radius 2 is 1.88 bits per heavy atom. The highest BCUT2D eigenvalue weighted by Gasteiger charge is 2.36. The van der Waals surface area contributed by atoms with Crippen LogP contribution in [0.15, 0.2) is 42.5 Å². The van der Waals surface area contributed by atoms with Crippen LogP contribution in [0.25, 0.3) is 0 Å². The lowest BCUT2D eigenvalue weighted by atomic mass is 10.1. The van der Waals surface area contributed by atoms with E-state index >= 15 is 0 Å². The minimum absolute atomic E-state index is 0.0124. The van der Waals surface area contributed by atoms with Gasteiger partial charge in [-0.05, 0) is 48.9 Å². The molecule has 3 rings (SSSR count). The van der Waals surface area contributed by atoms with Gasteiger partial charge in [0, 0.05) is 24.2 Å². The largest absolute Gasteiger partial charge is 0.366 e. The molecule has 0 aromatic heterocycles. The van der Waals surface area contributed by atoms with E-state index in [1.165, 1.54) is 23.1 Å². The molecule has 1 saturated heterocycles. The molecule has 2 aromatic carbocycles. The number of amides is 3. The van der Waals surface area contributed by atoms with Gasteiger partial charge in [-0.1, -0.05) is 6.07 Å². The third kappa shape index (κ3) is 3.56. The molecule has 0 spiro atoms. The van der Waals surface area contributed by atoms with Crippen molar-refractivity contribution in [3.63, 3.8) is 0 Å². The number of carbonyl (C=O) groups is 3. The first-order chi connectivity index (χ1) is 12.3. The molecule has 6 nitrogen and oxygen atoms in total. The number of nitrogens with zero attached hydrogens (tertiary/aromatic N) is 1. The van der Waals surface area contributed by atoms with Gasteiger partial charge >= 0.3 is 0 Å². The van der Waals surface area contributed by atoms with Crippen LogP contribution in [0.3, 0.4) is 0 Å². The van der Waals surface area contributed by atoms with Gasteiger partial charge in [-0.2, -0.15) is 0 Å². The molecule has 3 amide bonds. The summed E-state index contributed by atoms with van der Waals surface area (Å²) < 4.78 is 14.1. The third-order valence-corrected chi connectivity index (χ3v) is 4.33. The molecule has 7 heteroatoms. The van der Waals surface area contributed by atoms with Crippen molar-refractivity contribution in [3.05, 3.63) is 59.4 Å². The summed E-state index contributed by atoms with van der Waals surface area (Å²) in [5.74, 6) is -2.25. The monoisotopic (exact) mass is 355 g/mol. The lowest BCUT2D eigenvalue weighted by Crippen LogP contribution is -2.28. The molecule has 1 aliphatic rings.